The topological polar surface area (TPSA) is 55.9 Å². The summed E-state index contributed by atoms with van der Waals surface area (Å²) in [5.41, 5.74) is 5.95. The minimum absolute atomic E-state index is 0.0213. The first kappa shape index (κ1) is 17.2. The lowest BCUT2D eigenvalue weighted by Crippen LogP contribution is -2.30. The second kappa shape index (κ2) is 7.41. The normalized spacial score (nSPS) is 12.7. The Morgan fingerprint density at radius 3 is 2.81 bits per heavy atom. The summed E-state index contributed by atoms with van der Waals surface area (Å²) in [4.78, 5) is 0. The Kier molecular flexibility index (Phi) is 6.07. The van der Waals surface area contributed by atoms with Crippen LogP contribution in [-0.2, 0) is 19.9 Å². The predicted octanol–water partition coefficient (Wildman–Crippen LogP) is 3.75. The molecule has 0 spiro atoms. The molecule has 0 radical (unpaired) electrons. The Morgan fingerprint density at radius 1 is 1.52 bits per heavy atom. The van der Waals surface area contributed by atoms with Crippen LogP contribution >= 0.6 is 50.1 Å². The Bertz CT molecular complexity index is 644. The van der Waals surface area contributed by atoms with Crippen molar-refractivity contribution in [3.8, 4) is 0 Å². The summed E-state index contributed by atoms with van der Waals surface area (Å²) in [6.07, 6.45) is 1.51. The van der Waals surface area contributed by atoms with Gasteiger partial charge in [-0.15, -0.1) is 0 Å². The maximum Gasteiger partial charge on any atom is 0.0850 e. The van der Waals surface area contributed by atoms with Crippen molar-refractivity contribution in [2.24, 2.45) is 12.9 Å². The van der Waals surface area contributed by atoms with Crippen LogP contribution in [0, 0.1) is 3.57 Å². The van der Waals surface area contributed by atoms with Crippen molar-refractivity contribution in [1.82, 2.24) is 15.2 Å². The molecule has 7 heteroatoms. The van der Waals surface area contributed by atoms with Gasteiger partial charge in [-0.1, -0.05) is 34.5 Å². The minimum atomic E-state index is -0.0213. The van der Waals surface area contributed by atoms with Crippen molar-refractivity contribution < 1.29 is 0 Å². The molecule has 2 rings (SSSR count). The third kappa shape index (κ3) is 3.79. The first-order valence-electron chi connectivity index (χ1n) is 6.59. The number of hydrogen-bond donors (Lipinski definition) is 2. The lowest BCUT2D eigenvalue weighted by atomic mass is 10.0. The van der Waals surface area contributed by atoms with Crippen LogP contribution in [0.5, 0.6) is 0 Å². The number of hydrogen-bond acceptors (Lipinski definition) is 3. The zero-order chi connectivity index (χ0) is 15.6. The van der Waals surface area contributed by atoms with E-state index in [2.05, 4.69) is 61.2 Å². The van der Waals surface area contributed by atoms with Crippen molar-refractivity contribution in [3.63, 3.8) is 0 Å². The van der Waals surface area contributed by atoms with E-state index in [1.165, 1.54) is 0 Å². The molecule has 1 unspecified atom stereocenters. The monoisotopic (exact) mass is 482 g/mol. The van der Waals surface area contributed by atoms with Gasteiger partial charge in [0.05, 0.1) is 22.5 Å². The van der Waals surface area contributed by atoms with Crippen molar-refractivity contribution >= 4 is 50.1 Å². The number of halogens is 3. The summed E-state index contributed by atoms with van der Waals surface area (Å²) in [5, 5.41) is 5.20. The third-order valence-electron chi connectivity index (χ3n) is 3.44. The number of nitrogens with one attached hydrogen (secondary N) is 1. The molecule has 0 aliphatic carbocycles. The number of benzene rings is 1. The molecule has 0 fully saturated rings. The van der Waals surface area contributed by atoms with Gasteiger partial charge >= 0.3 is 0 Å². The molecular weight excluding hydrogens is 466 g/mol. The SMILES string of the molecule is CCc1nn(C)c(CC(NN)c2cc(Br)ccc2I)c1Cl. The highest BCUT2D eigenvalue weighted by Gasteiger charge is 2.20. The van der Waals surface area contributed by atoms with Gasteiger partial charge in [0, 0.05) is 21.5 Å². The number of nitrogens with two attached hydrogens (primary N) is 1. The third-order valence-corrected chi connectivity index (χ3v) is 5.35. The van der Waals surface area contributed by atoms with Crippen molar-refractivity contribution in [1.29, 1.82) is 0 Å². The molecule has 0 amide bonds. The highest BCUT2D eigenvalue weighted by molar-refractivity contribution is 14.1. The van der Waals surface area contributed by atoms with Gasteiger partial charge in [-0.25, -0.2) is 0 Å². The van der Waals surface area contributed by atoms with Gasteiger partial charge in [-0.2, -0.15) is 5.10 Å². The van der Waals surface area contributed by atoms with Crippen LogP contribution in [0.4, 0.5) is 0 Å². The summed E-state index contributed by atoms with van der Waals surface area (Å²) in [6.45, 7) is 2.05. The van der Waals surface area contributed by atoms with Gasteiger partial charge in [0.2, 0.25) is 0 Å². The van der Waals surface area contributed by atoms with E-state index in [-0.39, 0.29) is 6.04 Å². The van der Waals surface area contributed by atoms with Crippen molar-refractivity contribution in [2.45, 2.75) is 25.8 Å². The number of hydrazine groups is 1. The quantitative estimate of drug-likeness (QED) is 0.387. The average Bonchev–Trinajstić information content (AvgIpc) is 2.74. The van der Waals surface area contributed by atoms with E-state index >= 15 is 0 Å². The first-order valence-corrected chi connectivity index (χ1v) is 8.84. The molecule has 0 bridgehead atoms. The first-order chi connectivity index (χ1) is 9.97. The van der Waals surface area contributed by atoms with E-state index in [0.717, 1.165) is 36.4 Å². The van der Waals surface area contributed by atoms with Crippen molar-refractivity contribution in [3.05, 3.63) is 48.2 Å². The zero-order valence-electron chi connectivity index (χ0n) is 11.8. The number of aryl methyl sites for hydroxylation is 2. The summed E-state index contributed by atoms with van der Waals surface area (Å²) in [5.74, 6) is 5.77. The van der Waals surface area contributed by atoms with Gasteiger partial charge in [0.25, 0.3) is 0 Å². The van der Waals surface area contributed by atoms with E-state index in [4.69, 9.17) is 17.4 Å². The van der Waals surface area contributed by atoms with Crippen LogP contribution < -0.4 is 11.3 Å². The molecule has 0 aliphatic heterocycles. The van der Waals surface area contributed by atoms with Crippen LogP contribution in [0.3, 0.4) is 0 Å². The van der Waals surface area contributed by atoms with E-state index in [0.29, 0.717) is 6.42 Å². The molecular formula is C14H17BrClIN4. The molecule has 0 saturated heterocycles. The molecule has 0 aliphatic rings. The van der Waals surface area contributed by atoms with Gasteiger partial charge in [0.15, 0.2) is 0 Å². The predicted molar refractivity (Wildman–Crippen MR) is 98.2 cm³/mol. The number of rotatable bonds is 5. The van der Waals surface area contributed by atoms with Crippen LogP contribution in [-0.4, -0.2) is 9.78 Å². The molecule has 1 heterocycles. The van der Waals surface area contributed by atoms with Crippen molar-refractivity contribution in [2.75, 3.05) is 0 Å². The summed E-state index contributed by atoms with van der Waals surface area (Å²) in [6, 6.07) is 6.14. The van der Waals surface area contributed by atoms with Crippen LogP contribution in [0.1, 0.15) is 29.9 Å². The highest BCUT2D eigenvalue weighted by atomic mass is 127. The molecule has 1 aromatic carbocycles. The van der Waals surface area contributed by atoms with Crippen LogP contribution in [0.25, 0.3) is 0 Å². The van der Waals surface area contributed by atoms with E-state index in [1.807, 2.05) is 24.7 Å². The zero-order valence-corrected chi connectivity index (χ0v) is 16.3. The Balaban J connectivity index is 2.36. The van der Waals surface area contributed by atoms with E-state index in [9.17, 15) is 0 Å². The van der Waals surface area contributed by atoms with E-state index in [1.54, 1.807) is 0 Å². The van der Waals surface area contributed by atoms with Crippen LogP contribution in [0.2, 0.25) is 5.02 Å². The Morgan fingerprint density at radius 2 is 2.24 bits per heavy atom. The molecule has 114 valence electrons. The number of aromatic nitrogens is 2. The Hall–Kier alpha value is -0.150. The van der Waals surface area contributed by atoms with Crippen LogP contribution in [0.15, 0.2) is 22.7 Å². The molecule has 21 heavy (non-hydrogen) atoms. The highest BCUT2D eigenvalue weighted by Crippen LogP contribution is 2.29. The molecule has 3 N–H and O–H groups in total. The average molecular weight is 484 g/mol. The largest absolute Gasteiger partial charge is 0.271 e. The second-order valence-electron chi connectivity index (χ2n) is 4.77. The smallest absolute Gasteiger partial charge is 0.0850 e. The molecule has 0 saturated carbocycles. The fourth-order valence-corrected chi connectivity index (χ4v) is 3.74. The maximum absolute atomic E-state index is 6.43. The Labute approximate surface area is 151 Å². The minimum Gasteiger partial charge on any atom is -0.271 e. The second-order valence-corrected chi connectivity index (χ2v) is 7.23. The molecule has 2 aromatic rings. The maximum atomic E-state index is 6.43. The summed E-state index contributed by atoms with van der Waals surface area (Å²) < 4.78 is 4.03. The fourth-order valence-electron chi connectivity index (χ4n) is 2.28. The summed E-state index contributed by atoms with van der Waals surface area (Å²) in [7, 11) is 1.92. The standard InChI is InChI=1S/C14H17BrClIN4/c1-3-11-14(16)13(21(2)20-11)7-12(19-18)9-6-8(15)4-5-10(9)17/h4-6,12,19H,3,7,18H2,1-2H3. The fraction of sp³-hybridized carbons (Fsp3) is 0.357. The molecule has 1 atom stereocenters. The van der Waals surface area contributed by atoms with Gasteiger partial charge in [-0.3, -0.25) is 16.0 Å². The van der Waals surface area contributed by atoms with E-state index < -0.39 is 0 Å². The lowest BCUT2D eigenvalue weighted by molar-refractivity contribution is 0.528. The number of nitrogens with zero attached hydrogens (tertiary/aromatic N) is 2. The van der Waals surface area contributed by atoms with Gasteiger partial charge < -0.3 is 0 Å². The van der Waals surface area contributed by atoms with Gasteiger partial charge in [0.1, 0.15) is 0 Å². The lowest BCUT2D eigenvalue weighted by Gasteiger charge is -2.18. The van der Waals surface area contributed by atoms with Gasteiger partial charge in [-0.05, 0) is 52.8 Å². The molecule has 4 nitrogen and oxygen atoms in total. The molecule has 1 aromatic heterocycles. The summed E-state index contributed by atoms with van der Waals surface area (Å²) >= 11 is 12.3.